The Balaban J connectivity index is 2.86. The van der Waals surface area contributed by atoms with Crippen LogP contribution in [0.4, 0.5) is 4.79 Å². The van der Waals surface area contributed by atoms with Crippen LogP contribution in [0.1, 0.15) is 6.92 Å². The van der Waals surface area contributed by atoms with Crippen LogP contribution in [0, 0.1) is 0 Å². The number of hydrogen-bond acceptors (Lipinski definition) is 4. The number of methoxy groups -OCH3 is 2. The van der Waals surface area contributed by atoms with Crippen LogP contribution in [0.2, 0.25) is 0 Å². The van der Waals surface area contributed by atoms with E-state index in [2.05, 4.69) is 10.6 Å². The minimum Gasteiger partial charge on any atom is -0.353 e. The molecular weight excluding hydrogens is 176 g/mol. The largest absolute Gasteiger partial charge is 0.353 e. The summed E-state index contributed by atoms with van der Waals surface area (Å²) in [4.78, 5) is 22.2. The molecule has 0 aromatic heterocycles. The molecule has 13 heavy (non-hydrogen) atoms. The third-order valence-electron chi connectivity index (χ3n) is 1.97. The molecule has 1 rings (SSSR count). The lowest BCUT2D eigenvalue weighted by molar-refractivity contribution is -0.161. The lowest BCUT2D eigenvalue weighted by Crippen LogP contribution is -2.55. The van der Waals surface area contributed by atoms with Crippen LogP contribution in [0.25, 0.3) is 0 Å². The third-order valence-corrected chi connectivity index (χ3v) is 1.97. The first kappa shape index (κ1) is 9.94. The molecule has 1 saturated heterocycles. The van der Waals surface area contributed by atoms with E-state index in [0.29, 0.717) is 0 Å². The van der Waals surface area contributed by atoms with Crippen molar-refractivity contribution in [1.82, 2.24) is 10.6 Å². The summed E-state index contributed by atoms with van der Waals surface area (Å²) in [5, 5.41) is 4.54. The second-order valence-corrected chi connectivity index (χ2v) is 2.91. The Morgan fingerprint density at radius 3 is 2.15 bits per heavy atom. The maximum Gasteiger partial charge on any atom is 0.322 e. The Morgan fingerprint density at radius 1 is 1.31 bits per heavy atom. The number of rotatable bonds is 3. The Kier molecular flexibility index (Phi) is 2.53. The summed E-state index contributed by atoms with van der Waals surface area (Å²) in [5.74, 6) is -0.453. The Bertz CT molecular complexity index is 239. The van der Waals surface area contributed by atoms with Gasteiger partial charge < -0.3 is 14.8 Å². The van der Waals surface area contributed by atoms with Crippen molar-refractivity contribution in [1.29, 1.82) is 0 Å². The predicted octanol–water partition coefficient (Wildman–Crippen LogP) is -0.797. The minimum atomic E-state index is -1.15. The molecule has 3 amide bonds. The van der Waals surface area contributed by atoms with Crippen LogP contribution < -0.4 is 10.6 Å². The smallest absolute Gasteiger partial charge is 0.322 e. The van der Waals surface area contributed by atoms with Gasteiger partial charge in [-0.1, -0.05) is 0 Å². The van der Waals surface area contributed by atoms with Gasteiger partial charge in [-0.3, -0.25) is 10.1 Å². The van der Waals surface area contributed by atoms with Gasteiger partial charge in [-0.25, -0.2) is 4.79 Å². The van der Waals surface area contributed by atoms with Crippen molar-refractivity contribution >= 4 is 11.9 Å². The lowest BCUT2D eigenvalue weighted by atomic mass is 10.0. The van der Waals surface area contributed by atoms with Gasteiger partial charge in [-0.15, -0.1) is 0 Å². The molecule has 0 aliphatic carbocycles. The summed E-state index contributed by atoms with van der Waals surface area (Å²) in [6.07, 6.45) is -0.793. The first-order chi connectivity index (χ1) is 6.04. The van der Waals surface area contributed by atoms with Gasteiger partial charge in [-0.2, -0.15) is 0 Å². The number of imide groups is 1. The van der Waals surface area contributed by atoms with Crippen LogP contribution in [0.3, 0.4) is 0 Å². The maximum absolute atomic E-state index is 11.3. The van der Waals surface area contributed by atoms with E-state index in [-0.39, 0.29) is 0 Å². The first-order valence-corrected chi connectivity index (χ1v) is 3.73. The molecule has 1 aliphatic heterocycles. The molecule has 2 N–H and O–H groups in total. The van der Waals surface area contributed by atoms with Crippen LogP contribution in [0.5, 0.6) is 0 Å². The summed E-state index contributed by atoms with van der Waals surface area (Å²) < 4.78 is 9.81. The molecule has 0 unspecified atom stereocenters. The molecule has 0 spiro atoms. The molecule has 6 nitrogen and oxygen atoms in total. The SMILES string of the molecule is COC(OC)[C@]1(C)NC(=O)NC1=O. The topological polar surface area (TPSA) is 76.7 Å². The molecule has 0 aromatic carbocycles. The molecule has 0 bridgehead atoms. The zero-order chi connectivity index (χ0) is 10.1. The first-order valence-electron chi connectivity index (χ1n) is 3.73. The number of hydrogen-bond donors (Lipinski definition) is 2. The molecule has 1 aliphatic rings. The van der Waals surface area contributed by atoms with Gasteiger partial charge in [0.05, 0.1) is 0 Å². The van der Waals surface area contributed by atoms with Crippen molar-refractivity contribution in [2.75, 3.05) is 14.2 Å². The molecule has 0 saturated carbocycles. The van der Waals surface area contributed by atoms with E-state index in [1.165, 1.54) is 21.1 Å². The number of urea groups is 1. The standard InChI is InChI=1S/C7H12N2O4/c1-7(5(12-2)13-3)4(10)8-6(11)9-7/h5H,1-3H3,(H2,8,9,10,11)/t7-/m1/s1. The Labute approximate surface area is 75.6 Å². The second-order valence-electron chi connectivity index (χ2n) is 2.91. The second kappa shape index (κ2) is 3.31. The van der Waals surface area contributed by atoms with Gasteiger partial charge in [0.15, 0.2) is 11.8 Å². The summed E-state index contributed by atoms with van der Waals surface area (Å²) in [5.41, 5.74) is -1.15. The van der Waals surface area contributed by atoms with Gasteiger partial charge in [0.25, 0.3) is 5.91 Å². The van der Waals surface area contributed by atoms with E-state index in [0.717, 1.165) is 0 Å². The van der Waals surface area contributed by atoms with Gasteiger partial charge in [0.2, 0.25) is 0 Å². The Morgan fingerprint density at radius 2 is 1.85 bits per heavy atom. The average Bonchev–Trinajstić information content (AvgIpc) is 2.29. The highest BCUT2D eigenvalue weighted by atomic mass is 16.7. The molecule has 74 valence electrons. The van der Waals surface area contributed by atoms with Gasteiger partial charge in [0, 0.05) is 14.2 Å². The quantitative estimate of drug-likeness (QED) is 0.449. The fraction of sp³-hybridized carbons (Fsp3) is 0.714. The third kappa shape index (κ3) is 1.50. The highest BCUT2D eigenvalue weighted by molar-refractivity contribution is 6.07. The van der Waals surface area contributed by atoms with Crippen molar-refractivity contribution in [3.05, 3.63) is 0 Å². The number of nitrogens with one attached hydrogen (secondary N) is 2. The highest BCUT2D eigenvalue weighted by Gasteiger charge is 2.49. The van der Waals surface area contributed by atoms with Gasteiger partial charge >= 0.3 is 6.03 Å². The van der Waals surface area contributed by atoms with Crippen molar-refractivity contribution in [3.63, 3.8) is 0 Å². The minimum absolute atomic E-state index is 0.453. The van der Waals surface area contributed by atoms with E-state index in [9.17, 15) is 9.59 Å². The number of carbonyl (C=O) groups is 2. The Hall–Kier alpha value is -1.14. The van der Waals surface area contributed by atoms with Crippen LogP contribution in [-0.2, 0) is 14.3 Å². The van der Waals surface area contributed by atoms with Crippen LogP contribution >= 0.6 is 0 Å². The summed E-state index contributed by atoms with van der Waals surface area (Å²) in [6.45, 7) is 1.53. The zero-order valence-corrected chi connectivity index (χ0v) is 7.71. The molecule has 1 heterocycles. The lowest BCUT2D eigenvalue weighted by Gasteiger charge is -2.28. The molecule has 1 atom stereocenters. The van der Waals surface area contributed by atoms with E-state index in [1.54, 1.807) is 0 Å². The van der Waals surface area contributed by atoms with Crippen molar-refractivity contribution in [2.45, 2.75) is 18.8 Å². The molecule has 0 radical (unpaired) electrons. The number of amides is 3. The van der Waals surface area contributed by atoms with Crippen LogP contribution in [-0.4, -0.2) is 38.0 Å². The molecule has 1 fully saturated rings. The van der Waals surface area contributed by atoms with Crippen molar-refractivity contribution < 1.29 is 19.1 Å². The fourth-order valence-electron chi connectivity index (χ4n) is 1.29. The van der Waals surface area contributed by atoms with Gasteiger partial charge in [0.1, 0.15) is 0 Å². The number of ether oxygens (including phenoxy) is 2. The maximum atomic E-state index is 11.3. The van der Waals surface area contributed by atoms with E-state index in [1.807, 2.05) is 0 Å². The van der Waals surface area contributed by atoms with E-state index in [4.69, 9.17) is 9.47 Å². The van der Waals surface area contributed by atoms with Gasteiger partial charge in [-0.05, 0) is 6.92 Å². The predicted molar refractivity (Wildman–Crippen MR) is 42.9 cm³/mol. The molecule has 0 aromatic rings. The summed E-state index contributed by atoms with van der Waals surface area (Å²) in [6, 6.07) is -0.536. The average molecular weight is 188 g/mol. The summed E-state index contributed by atoms with van der Waals surface area (Å²) >= 11 is 0. The van der Waals surface area contributed by atoms with Crippen molar-refractivity contribution in [3.8, 4) is 0 Å². The number of carbonyl (C=O) groups excluding carboxylic acids is 2. The van der Waals surface area contributed by atoms with Crippen LogP contribution in [0.15, 0.2) is 0 Å². The molecular formula is C7H12N2O4. The molecule has 6 heteroatoms. The normalized spacial score (nSPS) is 27.7. The van der Waals surface area contributed by atoms with Crippen molar-refractivity contribution in [2.24, 2.45) is 0 Å². The summed E-state index contributed by atoms with van der Waals surface area (Å²) in [7, 11) is 2.80. The monoisotopic (exact) mass is 188 g/mol. The van der Waals surface area contributed by atoms with E-state index < -0.39 is 23.8 Å². The fourth-order valence-corrected chi connectivity index (χ4v) is 1.29. The zero-order valence-electron chi connectivity index (χ0n) is 7.71. The highest BCUT2D eigenvalue weighted by Crippen LogP contribution is 2.17. The van der Waals surface area contributed by atoms with E-state index >= 15 is 0 Å².